The molecule has 1 atom stereocenters. The van der Waals surface area contributed by atoms with Crippen LogP contribution in [0.2, 0.25) is 0 Å². The van der Waals surface area contributed by atoms with Crippen LogP contribution < -0.4 is 10.6 Å². The number of aryl methyl sites for hydroxylation is 1. The Bertz CT molecular complexity index is 742. The molecule has 0 aliphatic heterocycles. The van der Waals surface area contributed by atoms with Gasteiger partial charge in [-0.2, -0.15) is 0 Å². The van der Waals surface area contributed by atoms with Gasteiger partial charge in [0, 0.05) is 24.7 Å². The number of para-hydroxylation sites is 1. The van der Waals surface area contributed by atoms with Crippen LogP contribution in [-0.4, -0.2) is 16.8 Å². The van der Waals surface area contributed by atoms with E-state index in [0.717, 1.165) is 29.8 Å². The lowest BCUT2D eigenvalue weighted by Crippen LogP contribution is -2.31. The number of carbonyl (C=O) groups excluding carboxylic acids is 2. The SMILES string of the molecule is Cc1cccnc1[C@@H](NC(=O)CCC(=O)Nc1ccccc1)C1CC1. The van der Waals surface area contributed by atoms with E-state index in [2.05, 4.69) is 15.6 Å². The Hall–Kier alpha value is -2.69. The fourth-order valence-corrected chi connectivity index (χ4v) is 2.88. The highest BCUT2D eigenvalue weighted by Gasteiger charge is 2.34. The van der Waals surface area contributed by atoms with Crippen molar-refractivity contribution in [2.75, 3.05) is 5.32 Å². The number of carbonyl (C=O) groups is 2. The molecule has 2 aromatic rings. The van der Waals surface area contributed by atoms with Crippen LogP contribution in [-0.2, 0) is 9.59 Å². The maximum atomic E-state index is 12.3. The normalized spacial score (nSPS) is 14.6. The molecule has 1 fully saturated rings. The average Bonchev–Trinajstić information content (AvgIpc) is 3.44. The summed E-state index contributed by atoms with van der Waals surface area (Å²) >= 11 is 0. The van der Waals surface area contributed by atoms with Gasteiger partial charge in [-0.25, -0.2) is 0 Å². The predicted octanol–water partition coefficient (Wildman–Crippen LogP) is 3.38. The lowest BCUT2D eigenvalue weighted by molar-refractivity contribution is -0.125. The molecular weight excluding hydrogens is 314 g/mol. The molecule has 0 spiro atoms. The van der Waals surface area contributed by atoms with Crippen molar-refractivity contribution in [1.29, 1.82) is 0 Å². The maximum absolute atomic E-state index is 12.3. The van der Waals surface area contributed by atoms with Gasteiger partial charge in [0.15, 0.2) is 0 Å². The zero-order chi connectivity index (χ0) is 17.6. The van der Waals surface area contributed by atoms with E-state index in [4.69, 9.17) is 0 Å². The number of hydrogen-bond donors (Lipinski definition) is 2. The number of aromatic nitrogens is 1. The summed E-state index contributed by atoms with van der Waals surface area (Å²) in [7, 11) is 0. The second-order valence-corrected chi connectivity index (χ2v) is 6.50. The molecule has 2 N–H and O–H groups in total. The van der Waals surface area contributed by atoms with Crippen molar-refractivity contribution in [2.24, 2.45) is 5.92 Å². The summed E-state index contributed by atoms with van der Waals surface area (Å²) in [6.45, 7) is 2.01. The minimum atomic E-state index is -0.154. The third-order valence-corrected chi connectivity index (χ3v) is 4.39. The van der Waals surface area contributed by atoms with Crippen molar-refractivity contribution in [1.82, 2.24) is 10.3 Å². The van der Waals surface area contributed by atoms with Gasteiger partial charge in [0.2, 0.25) is 11.8 Å². The first kappa shape index (κ1) is 17.1. The van der Waals surface area contributed by atoms with E-state index in [0.29, 0.717) is 5.92 Å². The first-order valence-corrected chi connectivity index (χ1v) is 8.69. The highest BCUT2D eigenvalue weighted by Crippen LogP contribution is 2.41. The molecule has 3 rings (SSSR count). The molecule has 0 unspecified atom stereocenters. The second-order valence-electron chi connectivity index (χ2n) is 6.50. The minimum Gasteiger partial charge on any atom is -0.347 e. The largest absolute Gasteiger partial charge is 0.347 e. The van der Waals surface area contributed by atoms with Crippen LogP contribution in [0.1, 0.15) is 43.0 Å². The monoisotopic (exact) mass is 337 g/mol. The van der Waals surface area contributed by atoms with Gasteiger partial charge in [-0.3, -0.25) is 14.6 Å². The highest BCUT2D eigenvalue weighted by atomic mass is 16.2. The average molecular weight is 337 g/mol. The Morgan fingerprint density at radius 1 is 1.08 bits per heavy atom. The fourth-order valence-electron chi connectivity index (χ4n) is 2.88. The summed E-state index contributed by atoms with van der Waals surface area (Å²) in [5.74, 6) is 0.194. The van der Waals surface area contributed by atoms with E-state index < -0.39 is 0 Å². The highest BCUT2D eigenvalue weighted by molar-refractivity contribution is 5.93. The van der Waals surface area contributed by atoms with Gasteiger partial charge in [-0.15, -0.1) is 0 Å². The maximum Gasteiger partial charge on any atom is 0.224 e. The summed E-state index contributed by atoms with van der Waals surface area (Å²) in [5.41, 5.74) is 2.77. The molecule has 1 saturated carbocycles. The van der Waals surface area contributed by atoms with Crippen LogP contribution in [0.3, 0.4) is 0 Å². The number of amides is 2. The Labute approximate surface area is 147 Å². The molecule has 5 nitrogen and oxygen atoms in total. The van der Waals surface area contributed by atoms with E-state index in [9.17, 15) is 9.59 Å². The van der Waals surface area contributed by atoms with Gasteiger partial charge in [-0.1, -0.05) is 24.3 Å². The third-order valence-electron chi connectivity index (χ3n) is 4.39. The number of hydrogen-bond acceptors (Lipinski definition) is 3. The Morgan fingerprint density at radius 3 is 2.48 bits per heavy atom. The predicted molar refractivity (Wildman–Crippen MR) is 96.9 cm³/mol. The smallest absolute Gasteiger partial charge is 0.224 e. The summed E-state index contributed by atoms with van der Waals surface area (Å²) < 4.78 is 0. The topological polar surface area (TPSA) is 71.1 Å². The van der Waals surface area contributed by atoms with E-state index in [-0.39, 0.29) is 30.7 Å². The quantitative estimate of drug-likeness (QED) is 0.814. The van der Waals surface area contributed by atoms with Crippen LogP contribution in [0, 0.1) is 12.8 Å². The standard InChI is InChI=1S/C20H23N3O2/c1-14-6-5-13-21-19(14)20(15-9-10-15)23-18(25)12-11-17(24)22-16-7-3-2-4-8-16/h2-8,13,15,20H,9-12H2,1H3,(H,22,24)(H,23,25)/t20-/m0/s1. The van der Waals surface area contributed by atoms with Gasteiger partial charge >= 0.3 is 0 Å². The molecule has 0 radical (unpaired) electrons. The third kappa shape index (κ3) is 4.89. The van der Waals surface area contributed by atoms with Crippen LogP contribution in [0.25, 0.3) is 0 Å². The molecule has 130 valence electrons. The van der Waals surface area contributed by atoms with Gasteiger partial charge in [-0.05, 0) is 49.4 Å². The van der Waals surface area contributed by atoms with Crippen molar-refractivity contribution in [3.63, 3.8) is 0 Å². The Balaban J connectivity index is 1.52. The molecule has 5 heteroatoms. The number of benzene rings is 1. The minimum absolute atomic E-state index is 0.0501. The molecule has 1 aromatic carbocycles. The molecule has 1 aromatic heterocycles. The van der Waals surface area contributed by atoms with Crippen LogP contribution in [0.4, 0.5) is 5.69 Å². The lowest BCUT2D eigenvalue weighted by atomic mass is 10.0. The van der Waals surface area contributed by atoms with Crippen LogP contribution in [0.15, 0.2) is 48.7 Å². The summed E-state index contributed by atoms with van der Waals surface area (Å²) in [6.07, 6.45) is 4.31. The van der Waals surface area contributed by atoms with Gasteiger partial charge in [0.25, 0.3) is 0 Å². The van der Waals surface area contributed by atoms with Crippen molar-refractivity contribution in [3.05, 3.63) is 59.9 Å². The summed E-state index contributed by atoms with van der Waals surface area (Å²) in [5, 5.41) is 5.87. The molecule has 2 amide bonds. The van der Waals surface area contributed by atoms with Crippen molar-refractivity contribution in [2.45, 2.75) is 38.6 Å². The molecule has 1 aliphatic rings. The number of pyridine rings is 1. The van der Waals surface area contributed by atoms with Gasteiger partial charge < -0.3 is 10.6 Å². The number of anilines is 1. The van der Waals surface area contributed by atoms with E-state index in [1.807, 2.05) is 49.4 Å². The lowest BCUT2D eigenvalue weighted by Gasteiger charge is -2.19. The van der Waals surface area contributed by atoms with Crippen molar-refractivity contribution in [3.8, 4) is 0 Å². The number of nitrogens with one attached hydrogen (secondary N) is 2. The zero-order valence-electron chi connectivity index (χ0n) is 14.4. The molecule has 1 heterocycles. The first-order valence-electron chi connectivity index (χ1n) is 8.69. The molecular formula is C20H23N3O2. The Kier molecular flexibility index (Phi) is 5.43. The van der Waals surface area contributed by atoms with E-state index >= 15 is 0 Å². The van der Waals surface area contributed by atoms with Crippen molar-refractivity contribution >= 4 is 17.5 Å². The second kappa shape index (κ2) is 7.92. The summed E-state index contributed by atoms with van der Waals surface area (Å²) in [4.78, 5) is 28.7. The Morgan fingerprint density at radius 2 is 1.80 bits per heavy atom. The van der Waals surface area contributed by atoms with Gasteiger partial charge in [0.05, 0.1) is 11.7 Å². The molecule has 0 saturated heterocycles. The number of nitrogens with zero attached hydrogens (tertiary/aromatic N) is 1. The first-order chi connectivity index (χ1) is 12.1. The molecule has 1 aliphatic carbocycles. The summed E-state index contributed by atoms with van der Waals surface area (Å²) in [6, 6.07) is 13.1. The molecule has 0 bridgehead atoms. The van der Waals surface area contributed by atoms with Crippen molar-refractivity contribution < 1.29 is 9.59 Å². The van der Waals surface area contributed by atoms with E-state index in [1.165, 1.54) is 0 Å². The number of rotatable bonds is 7. The van der Waals surface area contributed by atoms with Crippen LogP contribution >= 0.6 is 0 Å². The molecule has 25 heavy (non-hydrogen) atoms. The van der Waals surface area contributed by atoms with E-state index in [1.54, 1.807) is 6.20 Å². The van der Waals surface area contributed by atoms with Gasteiger partial charge in [0.1, 0.15) is 0 Å². The van der Waals surface area contributed by atoms with Crippen LogP contribution in [0.5, 0.6) is 0 Å². The zero-order valence-corrected chi connectivity index (χ0v) is 14.4. The fraction of sp³-hybridized carbons (Fsp3) is 0.350.